The first-order valence-corrected chi connectivity index (χ1v) is 9.86. The van der Waals surface area contributed by atoms with Crippen molar-refractivity contribution in [1.29, 1.82) is 0 Å². The van der Waals surface area contributed by atoms with Gasteiger partial charge in [0, 0.05) is 20.4 Å². The molecule has 0 atom stereocenters. The van der Waals surface area contributed by atoms with Crippen LogP contribution in [0.5, 0.6) is 0 Å². The van der Waals surface area contributed by atoms with Crippen molar-refractivity contribution in [3.63, 3.8) is 0 Å². The van der Waals surface area contributed by atoms with Crippen LogP contribution in [0.15, 0.2) is 82.4 Å². The average Bonchev–Trinajstić information content (AvgIpc) is 2.72. The van der Waals surface area contributed by atoms with Gasteiger partial charge in [0.15, 0.2) is 0 Å². The van der Waals surface area contributed by atoms with Gasteiger partial charge in [-0.2, -0.15) is 5.10 Å². The summed E-state index contributed by atoms with van der Waals surface area (Å²) in [5, 5.41) is 6.01. The zero-order valence-corrected chi connectivity index (χ0v) is 17.4. The molecule has 4 nitrogen and oxygen atoms in total. The molecule has 0 spiro atoms. The highest BCUT2D eigenvalue weighted by Gasteiger charge is 2.10. The number of hydrazone groups is 1. The Bertz CT molecular complexity index is 1160. The lowest BCUT2D eigenvalue weighted by Gasteiger charge is -2.09. The minimum atomic E-state index is 0.435. The van der Waals surface area contributed by atoms with Crippen molar-refractivity contribution in [3.05, 3.63) is 87.9 Å². The van der Waals surface area contributed by atoms with E-state index >= 15 is 0 Å². The van der Waals surface area contributed by atoms with Gasteiger partial charge in [-0.05, 0) is 42.8 Å². The Morgan fingerprint density at radius 3 is 2.46 bits per heavy atom. The summed E-state index contributed by atoms with van der Waals surface area (Å²) < 4.78 is 1.03. The quantitative estimate of drug-likeness (QED) is 0.283. The van der Waals surface area contributed by atoms with E-state index in [1.165, 1.54) is 0 Å². The maximum absolute atomic E-state index is 6.20. The van der Waals surface area contributed by atoms with Crippen molar-refractivity contribution in [3.8, 4) is 11.3 Å². The number of rotatable bonds is 4. The lowest BCUT2D eigenvalue weighted by molar-refractivity contribution is 1.15. The molecule has 28 heavy (non-hydrogen) atoms. The number of nitrogens with one attached hydrogen (secondary N) is 1. The van der Waals surface area contributed by atoms with Crippen molar-refractivity contribution < 1.29 is 0 Å². The summed E-state index contributed by atoms with van der Waals surface area (Å²) in [5.74, 6) is 0.435. The van der Waals surface area contributed by atoms with E-state index in [0.717, 1.165) is 37.9 Å². The molecule has 0 unspecified atom stereocenters. The van der Waals surface area contributed by atoms with Crippen molar-refractivity contribution in [2.24, 2.45) is 5.10 Å². The van der Waals surface area contributed by atoms with E-state index in [0.29, 0.717) is 11.0 Å². The summed E-state index contributed by atoms with van der Waals surface area (Å²) in [6.07, 6.45) is 0. The minimum Gasteiger partial charge on any atom is -0.245 e. The zero-order chi connectivity index (χ0) is 19.5. The summed E-state index contributed by atoms with van der Waals surface area (Å²) in [7, 11) is 0. The van der Waals surface area contributed by atoms with Gasteiger partial charge in [0.25, 0.3) is 0 Å². The first-order valence-electron chi connectivity index (χ1n) is 8.69. The minimum absolute atomic E-state index is 0.435. The Kier molecular flexibility index (Phi) is 5.37. The lowest BCUT2D eigenvalue weighted by atomic mass is 10.1. The molecule has 138 valence electrons. The molecule has 3 aromatic carbocycles. The Hall–Kier alpha value is -2.76. The van der Waals surface area contributed by atoms with Gasteiger partial charge in [-0.1, -0.05) is 70.0 Å². The van der Waals surface area contributed by atoms with Crippen molar-refractivity contribution in [1.82, 2.24) is 9.97 Å². The fraction of sp³-hybridized carbons (Fsp3) is 0.0455. The number of aromatic nitrogens is 2. The van der Waals surface area contributed by atoms with Gasteiger partial charge in [0.2, 0.25) is 5.95 Å². The van der Waals surface area contributed by atoms with Crippen LogP contribution in [0.3, 0.4) is 0 Å². The molecule has 0 fully saturated rings. The summed E-state index contributed by atoms with van der Waals surface area (Å²) >= 11 is 9.65. The fourth-order valence-electron chi connectivity index (χ4n) is 2.86. The van der Waals surface area contributed by atoms with Crippen molar-refractivity contribution in [2.45, 2.75) is 6.92 Å². The normalized spacial score (nSPS) is 11.6. The number of halogens is 2. The first kappa shape index (κ1) is 18.6. The summed E-state index contributed by atoms with van der Waals surface area (Å²) in [4.78, 5) is 9.28. The molecular weight excluding hydrogens is 436 g/mol. The van der Waals surface area contributed by atoms with Gasteiger partial charge in [0.05, 0.1) is 16.9 Å². The first-order chi connectivity index (χ1) is 13.6. The molecule has 0 aliphatic heterocycles. The number of benzene rings is 3. The van der Waals surface area contributed by atoms with Gasteiger partial charge in [-0.15, -0.1) is 0 Å². The van der Waals surface area contributed by atoms with Crippen molar-refractivity contribution >= 4 is 50.1 Å². The molecule has 4 aromatic rings. The highest BCUT2D eigenvalue weighted by molar-refractivity contribution is 9.10. The van der Waals surface area contributed by atoms with Gasteiger partial charge in [-0.25, -0.2) is 15.4 Å². The molecule has 6 heteroatoms. The molecule has 0 saturated heterocycles. The predicted octanol–water partition coefficient (Wildman–Crippen LogP) is 6.55. The van der Waals surface area contributed by atoms with E-state index < -0.39 is 0 Å². The van der Waals surface area contributed by atoms with Crippen LogP contribution in [0.25, 0.3) is 22.2 Å². The number of fused-ring (bicyclic) bond motifs is 1. The second-order valence-corrected chi connectivity index (χ2v) is 7.59. The number of hydrogen-bond donors (Lipinski definition) is 1. The van der Waals surface area contributed by atoms with E-state index in [9.17, 15) is 0 Å². The smallest absolute Gasteiger partial charge is 0.244 e. The Labute approximate surface area is 176 Å². The molecule has 0 bridgehead atoms. The van der Waals surface area contributed by atoms with E-state index in [1.807, 2.05) is 79.7 Å². The van der Waals surface area contributed by atoms with Crippen LogP contribution in [-0.2, 0) is 0 Å². The maximum Gasteiger partial charge on any atom is 0.244 e. The van der Waals surface area contributed by atoms with Gasteiger partial charge >= 0.3 is 0 Å². The van der Waals surface area contributed by atoms with Gasteiger partial charge < -0.3 is 0 Å². The van der Waals surface area contributed by atoms with E-state index in [1.54, 1.807) is 0 Å². The average molecular weight is 452 g/mol. The summed E-state index contributed by atoms with van der Waals surface area (Å²) in [6.45, 7) is 1.94. The van der Waals surface area contributed by atoms with Gasteiger partial charge in [0.1, 0.15) is 0 Å². The number of nitrogens with zero attached hydrogens (tertiary/aromatic N) is 3. The number of hydrogen-bond acceptors (Lipinski definition) is 4. The third-order valence-electron chi connectivity index (χ3n) is 4.29. The fourth-order valence-corrected chi connectivity index (χ4v) is 3.29. The molecule has 1 aromatic heterocycles. The topological polar surface area (TPSA) is 50.2 Å². The van der Waals surface area contributed by atoms with Crippen molar-refractivity contribution in [2.75, 3.05) is 5.43 Å². The highest BCUT2D eigenvalue weighted by atomic mass is 79.9. The standard InChI is InChI=1S/C22H16BrClN4/c1-14(15-7-9-17(23)10-8-15)27-28-22-25-20-12-11-18(24)13-19(20)21(26-22)16-5-3-2-4-6-16/h2-13H,1H3,(H,25,26,28)/b27-14-. The summed E-state index contributed by atoms with van der Waals surface area (Å²) in [5.41, 5.74) is 7.47. The van der Waals surface area contributed by atoms with E-state index in [4.69, 9.17) is 16.6 Å². The van der Waals surface area contributed by atoms with Crippen LogP contribution in [0.2, 0.25) is 5.02 Å². The summed E-state index contributed by atoms with van der Waals surface area (Å²) in [6, 6.07) is 23.6. The van der Waals surface area contributed by atoms with E-state index in [2.05, 4.69) is 31.4 Å². The SMILES string of the molecule is C/C(=N/Nc1nc(-c2ccccc2)c2cc(Cl)ccc2n1)c1ccc(Br)cc1. The van der Waals surface area contributed by atoms with Crippen LogP contribution in [-0.4, -0.2) is 15.7 Å². The molecule has 0 aliphatic rings. The van der Waals surface area contributed by atoms with E-state index in [-0.39, 0.29) is 0 Å². The second-order valence-electron chi connectivity index (χ2n) is 6.24. The molecule has 1 heterocycles. The van der Waals surface area contributed by atoms with Crippen LogP contribution >= 0.6 is 27.5 Å². The maximum atomic E-state index is 6.20. The molecule has 0 saturated carbocycles. The number of anilines is 1. The predicted molar refractivity (Wildman–Crippen MR) is 120 cm³/mol. The monoisotopic (exact) mass is 450 g/mol. The Morgan fingerprint density at radius 2 is 1.71 bits per heavy atom. The zero-order valence-electron chi connectivity index (χ0n) is 15.0. The molecule has 4 rings (SSSR count). The molecule has 0 amide bonds. The van der Waals surface area contributed by atoms with Crippen LogP contribution < -0.4 is 5.43 Å². The molecule has 0 radical (unpaired) electrons. The lowest BCUT2D eigenvalue weighted by Crippen LogP contribution is -2.03. The Balaban J connectivity index is 1.74. The van der Waals surface area contributed by atoms with Crippen LogP contribution in [0.4, 0.5) is 5.95 Å². The molecule has 1 N–H and O–H groups in total. The van der Waals surface area contributed by atoms with Gasteiger partial charge in [-0.3, -0.25) is 0 Å². The highest BCUT2D eigenvalue weighted by Crippen LogP contribution is 2.29. The third-order valence-corrected chi connectivity index (χ3v) is 5.05. The third kappa shape index (κ3) is 4.06. The van der Waals surface area contributed by atoms with Crippen LogP contribution in [0, 0.1) is 0 Å². The Morgan fingerprint density at radius 1 is 0.964 bits per heavy atom. The van der Waals surface area contributed by atoms with Crippen LogP contribution in [0.1, 0.15) is 12.5 Å². The molecule has 0 aliphatic carbocycles. The largest absolute Gasteiger partial charge is 0.245 e. The molecular formula is C22H16BrClN4. The second kappa shape index (κ2) is 8.09.